The molecule has 3 nitrogen and oxygen atoms in total. The molecular formula is C15H23NO2S2. The predicted octanol–water partition coefficient (Wildman–Crippen LogP) is 3.41. The van der Waals surface area contributed by atoms with Gasteiger partial charge >= 0.3 is 0 Å². The molecule has 112 valence electrons. The van der Waals surface area contributed by atoms with E-state index in [1.807, 2.05) is 11.8 Å². The number of ether oxygens (including phenoxy) is 2. The zero-order chi connectivity index (χ0) is 14.4. The van der Waals surface area contributed by atoms with Crippen LogP contribution in [0.15, 0.2) is 17.0 Å². The molecule has 0 amide bonds. The Kier molecular flexibility index (Phi) is 6.39. The van der Waals surface area contributed by atoms with Crippen molar-refractivity contribution in [3.05, 3.63) is 17.7 Å². The highest BCUT2D eigenvalue weighted by Gasteiger charge is 2.15. The maximum atomic E-state index is 5.40. The zero-order valence-corrected chi connectivity index (χ0v) is 14.0. The minimum atomic E-state index is 0.636. The highest BCUT2D eigenvalue weighted by Crippen LogP contribution is 2.34. The van der Waals surface area contributed by atoms with E-state index >= 15 is 0 Å². The van der Waals surface area contributed by atoms with Crippen molar-refractivity contribution in [1.29, 1.82) is 0 Å². The van der Waals surface area contributed by atoms with Crippen LogP contribution in [0.2, 0.25) is 0 Å². The van der Waals surface area contributed by atoms with E-state index in [9.17, 15) is 0 Å². The van der Waals surface area contributed by atoms with Crippen LogP contribution in [0.3, 0.4) is 0 Å². The van der Waals surface area contributed by atoms with Gasteiger partial charge in [0, 0.05) is 23.2 Å². The van der Waals surface area contributed by atoms with E-state index in [0.717, 1.165) is 18.0 Å². The molecule has 1 unspecified atom stereocenters. The van der Waals surface area contributed by atoms with Crippen LogP contribution in [0.25, 0.3) is 0 Å². The molecule has 0 aromatic heterocycles. The molecule has 0 aliphatic carbocycles. The summed E-state index contributed by atoms with van der Waals surface area (Å²) in [5.41, 5.74) is 1.28. The zero-order valence-electron chi connectivity index (χ0n) is 12.4. The molecule has 0 bridgehead atoms. The average Bonchev–Trinajstić information content (AvgIpc) is 2.52. The second-order valence-electron chi connectivity index (χ2n) is 4.81. The minimum absolute atomic E-state index is 0.636. The normalized spacial score (nSPS) is 18.9. The van der Waals surface area contributed by atoms with E-state index < -0.39 is 0 Å². The molecule has 20 heavy (non-hydrogen) atoms. The molecular weight excluding hydrogens is 290 g/mol. The largest absolute Gasteiger partial charge is 0.493 e. The van der Waals surface area contributed by atoms with Crippen molar-refractivity contribution in [2.24, 2.45) is 0 Å². The van der Waals surface area contributed by atoms with Crippen LogP contribution in [0, 0.1) is 0 Å². The summed E-state index contributed by atoms with van der Waals surface area (Å²) in [6.07, 6.45) is 4.71. The number of methoxy groups -OCH3 is 2. The molecule has 1 aromatic rings. The second kappa shape index (κ2) is 8.05. The number of benzene rings is 1. The Bertz CT molecular complexity index is 434. The van der Waals surface area contributed by atoms with Crippen molar-refractivity contribution in [2.75, 3.05) is 32.0 Å². The molecule has 1 aliphatic heterocycles. The molecule has 1 N–H and O–H groups in total. The highest BCUT2D eigenvalue weighted by molar-refractivity contribution is 7.99. The maximum absolute atomic E-state index is 5.40. The molecule has 1 heterocycles. The third-order valence-corrected chi connectivity index (χ3v) is 5.56. The summed E-state index contributed by atoms with van der Waals surface area (Å²) in [5.74, 6) is 4.14. The molecule has 1 aromatic carbocycles. The Hall–Kier alpha value is -0.520. The Morgan fingerprint density at radius 3 is 2.65 bits per heavy atom. The molecule has 1 aliphatic rings. The van der Waals surface area contributed by atoms with Crippen molar-refractivity contribution in [3.8, 4) is 11.5 Å². The molecule has 1 fully saturated rings. The molecule has 1 atom stereocenters. The van der Waals surface area contributed by atoms with Crippen LogP contribution < -0.4 is 14.8 Å². The first kappa shape index (κ1) is 15.9. The van der Waals surface area contributed by atoms with E-state index in [4.69, 9.17) is 9.47 Å². The van der Waals surface area contributed by atoms with Gasteiger partial charge in [-0.3, -0.25) is 0 Å². The van der Waals surface area contributed by atoms with Gasteiger partial charge in [-0.15, -0.1) is 11.8 Å². The van der Waals surface area contributed by atoms with Gasteiger partial charge in [-0.25, -0.2) is 0 Å². The van der Waals surface area contributed by atoms with E-state index in [0.29, 0.717) is 6.04 Å². The quantitative estimate of drug-likeness (QED) is 0.813. The van der Waals surface area contributed by atoms with Crippen molar-refractivity contribution in [2.45, 2.75) is 30.3 Å². The van der Waals surface area contributed by atoms with Crippen LogP contribution in [-0.2, 0) is 6.54 Å². The van der Waals surface area contributed by atoms with Gasteiger partial charge in [-0.05, 0) is 42.5 Å². The Morgan fingerprint density at radius 1 is 1.30 bits per heavy atom. The summed E-state index contributed by atoms with van der Waals surface area (Å²) in [6.45, 7) is 0.891. The minimum Gasteiger partial charge on any atom is -0.493 e. The smallest absolute Gasteiger partial charge is 0.161 e. The molecule has 0 radical (unpaired) electrons. The van der Waals surface area contributed by atoms with E-state index in [-0.39, 0.29) is 0 Å². The predicted molar refractivity (Wildman–Crippen MR) is 88.5 cm³/mol. The van der Waals surface area contributed by atoms with Crippen molar-refractivity contribution in [3.63, 3.8) is 0 Å². The summed E-state index contributed by atoms with van der Waals surface area (Å²) in [6, 6.07) is 4.79. The fraction of sp³-hybridized carbons (Fsp3) is 0.600. The van der Waals surface area contributed by atoms with Gasteiger partial charge < -0.3 is 14.8 Å². The van der Waals surface area contributed by atoms with E-state index in [1.165, 1.54) is 34.8 Å². The lowest BCUT2D eigenvalue weighted by Gasteiger charge is -2.23. The average molecular weight is 313 g/mol. The van der Waals surface area contributed by atoms with E-state index in [1.54, 1.807) is 26.0 Å². The lowest BCUT2D eigenvalue weighted by Crippen LogP contribution is -2.33. The number of hydrogen-bond donors (Lipinski definition) is 1. The van der Waals surface area contributed by atoms with Crippen LogP contribution in [0.1, 0.15) is 18.4 Å². The van der Waals surface area contributed by atoms with Crippen molar-refractivity contribution >= 4 is 23.5 Å². The Balaban J connectivity index is 2.08. The third kappa shape index (κ3) is 3.99. The first-order valence-corrected chi connectivity index (χ1v) is 9.26. The molecule has 1 saturated heterocycles. The first-order valence-electron chi connectivity index (χ1n) is 6.88. The summed E-state index contributed by atoms with van der Waals surface area (Å²) >= 11 is 3.80. The van der Waals surface area contributed by atoms with Crippen LogP contribution >= 0.6 is 23.5 Å². The fourth-order valence-corrected chi connectivity index (χ4v) is 4.11. The summed E-state index contributed by atoms with van der Waals surface area (Å²) in [5, 5.41) is 3.67. The topological polar surface area (TPSA) is 30.5 Å². The van der Waals surface area contributed by atoms with Gasteiger partial charge in [0.1, 0.15) is 0 Å². The van der Waals surface area contributed by atoms with Crippen molar-refractivity contribution in [1.82, 2.24) is 5.32 Å². The highest BCUT2D eigenvalue weighted by atomic mass is 32.2. The molecule has 2 rings (SSSR count). The van der Waals surface area contributed by atoms with Gasteiger partial charge in [0.05, 0.1) is 14.2 Å². The Morgan fingerprint density at radius 2 is 2.05 bits per heavy atom. The van der Waals surface area contributed by atoms with Gasteiger partial charge in [0.2, 0.25) is 0 Å². The maximum Gasteiger partial charge on any atom is 0.161 e. The van der Waals surface area contributed by atoms with Crippen LogP contribution in [0.4, 0.5) is 0 Å². The van der Waals surface area contributed by atoms with E-state index in [2.05, 4.69) is 23.7 Å². The fourth-order valence-electron chi connectivity index (χ4n) is 2.39. The van der Waals surface area contributed by atoms with Gasteiger partial charge in [-0.1, -0.05) is 0 Å². The SMILES string of the molecule is COc1cc(CNC2CCCSC2)c(SC)cc1OC. The lowest BCUT2D eigenvalue weighted by molar-refractivity contribution is 0.353. The van der Waals surface area contributed by atoms with Gasteiger partial charge in [0.15, 0.2) is 11.5 Å². The standard InChI is InChI=1S/C15H23NO2S2/c1-17-13-7-11(15(19-3)8-14(13)18-2)9-16-12-5-4-6-20-10-12/h7-8,12,16H,4-6,9-10H2,1-3H3. The third-order valence-electron chi connectivity index (χ3n) is 3.53. The number of nitrogens with one attached hydrogen (secondary N) is 1. The molecule has 0 saturated carbocycles. The molecule has 5 heteroatoms. The molecule has 0 spiro atoms. The second-order valence-corrected chi connectivity index (χ2v) is 6.81. The Labute approximate surface area is 130 Å². The first-order chi connectivity index (χ1) is 9.78. The van der Waals surface area contributed by atoms with Crippen LogP contribution in [0.5, 0.6) is 11.5 Å². The number of thioether (sulfide) groups is 2. The van der Waals surface area contributed by atoms with Crippen molar-refractivity contribution < 1.29 is 9.47 Å². The number of rotatable bonds is 6. The summed E-state index contributed by atoms with van der Waals surface area (Å²) < 4.78 is 10.8. The monoisotopic (exact) mass is 313 g/mol. The summed E-state index contributed by atoms with van der Waals surface area (Å²) in [7, 11) is 3.37. The number of hydrogen-bond acceptors (Lipinski definition) is 5. The van der Waals surface area contributed by atoms with Crippen LogP contribution in [-0.4, -0.2) is 38.0 Å². The van der Waals surface area contributed by atoms with Gasteiger partial charge in [0.25, 0.3) is 0 Å². The lowest BCUT2D eigenvalue weighted by atomic mass is 10.1. The van der Waals surface area contributed by atoms with Gasteiger partial charge in [-0.2, -0.15) is 11.8 Å². The summed E-state index contributed by atoms with van der Waals surface area (Å²) in [4.78, 5) is 1.25.